The Hall–Kier alpha value is -0.610. The van der Waals surface area contributed by atoms with Crippen molar-refractivity contribution in [1.82, 2.24) is 5.32 Å². The van der Waals surface area contributed by atoms with Crippen molar-refractivity contribution < 1.29 is 9.84 Å². The Bertz CT molecular complexity index is 244. The van der Waals surface area contributed by atoms with E-state index in [1.54, 1.807) is 0 Å². The number of aliphatic hydroxyl groups excluding tert-OH is 1. The van der Waals surface area contributed by atoms with Gasteiger partial charge in [0.1, 0.15) is 0 Å². The van der Waals surface area contributed by atoms with E-state index in [1.807, 2.05) is 6.07 Å². The summed E-state index contributed by atoms with van der Waals surface area (Å²) in [5, 5.41) is 11.8. The standard InChI is InChI=1S/C12H19NO2.ClH/c14-9-11-15-10-8-13-7-6-12-4-2-1-3-5-12;/h1-5,13-14H,6-11H2;1H. The Labute approximate surface area is 103 Å². The van der Waals surface area contributed by atoms with Crippen LogP contribution in [0.4, 0.5) is 0 Å². The number of nitrogens with one attached hydrogen (secondary N) is 1. The second kappa shape index (κ2) is 10.9. The van der Waals surface area contributed by atoms with Gasteiger partial charge in [-0.3, -0.25) is 0 Å². The summed E-state index contributed by atoms with van der Waals surface area (Å²) in [5.74, 6) is 0. The molecule has 0 amide bonds. The molecule has 0 spiro atoms. The SMILES string of the molecule is Cl.OCCOCCNCCc1ccccc1. The fourth-order valence-electron chi connectivity index (χ4n) is 1.31. The van der Waals surface area contributed by atoms with Crippen molar-refractivity contribution in [3.8, 4) is 0 Å². The number of rotatable bonds is 8. The zero-order chi connectivity index (χ0) is 10.8. The van der Waals surface area contributed by atoms with Crippen molar-refractivity contribution in [2.24, 2.45) is 0 Å². The number of benzene rings is 1. The fraction of sp³-hybridized carbons (Fsp3) is 0.500. The first-order valence-electron chi connectivity index (χ1n) is 5.36. The topological polar surface area (TPSA) is 41.5 Å². The van der Waals surface area contributed by atoms with Crippen LogP contribution >= 0.6 is 12.4 Å². The van der Waals surface area contributed by atoms with Crippen molar-refractivity contribution in [3.05, 3.63) is 35.9 Å². The Balaban J connectivity index is 0.00000225. The zero-order valence-electron chi connectivity index (χ0n) is 9.39. The van der Waals surface area contributed by atoms with Gasteiger partial charge < -0.3 is 15.2 Å². The molecule has 1 aromatic rings. The first-order chi connectivity index (χ1) is 7.43. The van der Waals surface area contributed by atoms with Crippen LogP contribution in [-0.2, 0) is 11.2 Å². The molecule has 0 saturated heterocycles. The smallest absolute Gasteiger partial charge is 0.0698 e. The number of hydrogen-bond donors (Lipinski definition) is 2. The van der Waals surface area contributed by atoms with Crippen molar-refractivity contribution in [1.29, 1.82) is 0 Å². The van der Waals surface area contributed by atoms with E-state index >= 15 is 0 Å². The zero-order valence-corrected chi connectivity index (χ0v) is 10.2. The van der Waals surface area contributed by atoms with Gasteiger partial charge >= 0.3 is 0 Å². The number of aliphatic hydroxyl groups is 1. The van der Waals surface area contributed by atoms with E-state index in [-0.39, 0.29) is 19.0 Å². The van der Waals surface area contributed by atoms with Gasteiger partial charge in [0.05, 0.1) is 19.8 Å². The third kappa shape index (κ3) is 7.65. The molecule has 1 aromatic carbocycles. The van der Waals surface area contributed by atoms with Crippen LogP contribution in [0.5, 0.6) is 0 Å². The van der Waals surface area contributed by atoms with E-state index in [2.05, 4.69) is 29.6 Å². The summed E-state index contributed by atoms with van der Waals surface area (Å²) in [4.78, 5) is 0. The van der Waals surface area contributed by atoms with Gasteiger partial charge in [-0.1, -0.05) is 30.3 Å². The lowest BCUT2D eigenvalue weighted by atomic mass is 10.1. The molecule has 16 heavy (non-hydrogen) atoms. The molecule has 0 heterocycles. The lowest BCUT2D eigenvalue weighted by Crippen LogP contribution is -2.22. The molecule has 0 aromatic heterocycles. The number of halogens is 1. The highest BCUT2D eigenvalue weighted by molar-refractivity contribution is 5.85. The first kappa shape index (κ1) is 15.4. The van der Waals surface area contributed by atoms with Crippen molar-refractivity contribution in [2.45, 2.75) is 6.42 Å². The van der Waals surface area contributed by atoms with E-state index in [4.69, 9.17) is 9.84 Å². The van der Waals surface area contributed by atoms with Gasteiger partial charge in [0.15, 0.2) is 0 Å². The van der Waals surface area contributed by atoms with Crippen molar-refractivity contribution in [2.75, 3.05) is 32.9 Å². The molecule has 3 nitrogen and oxygen atoms in total. The van der Waals surface area contributed by atoms with Crippen LogP contribution in [0.15, 0.2) is 30.3 Å². The minimum Gasteiger partial charge on any atom is -0.394 e. The lowest BCUT2D eigenvalue weighted by molar-refractivity contribution is 0.0940. The molecule has 0 aliphatic heterocycles. The molecule has 0 radical (unpaired) electrons. The van der Waals surface area contributed by atoms with Gasteiger partial charge in [-0.05, 0) is 18.5 Å². The van der Waals surface area contributed by atoms with Gasteiger partial charge in [0.25, 0.3) is 0 Å². The van der Waals surface area contributed by atoms with Gasteiger partial charge in [-0.15, -0.1) is 12.4 Å². The molecule has 1 rings (SSSR count). The van der Waals surface area contributed by atoms with Gasteiger partial charge in [0, 0.05) is 6.54 Å². The summed E-state index contributed by atoms with van der Waals surface area (Å²) in [6.07, 6.45) is 1.04. The summed E-state index contributed by atoms with van der Waals surface area (Å²) in [6, 6.07) is 10.4. The summed E-state index contributed by atoms with van der Waals surface area (Å²) >= 11 is 0. The Morgan fingerprint density at radius 3 is 2.50 bits per heavy atom. The van der Waals surface area contributed by atoms with E-state index in [0.29, 0.717) is 13.2 Å². The molecule has 0 atom stereocenters. The fourth-order valence-corrected chi connectivity index (χ4v) is 1.31. The molecule has 0 bridgehead atoms. The van der Waals surface area contributed by atoms with Crippen LogP contribution in [0.3, 0.4) is 0 Å². The molecule has 92 valence electrons. The molecular formula is C12H20ClNO2. The molecular weight excluding hydrogens is 226 g/mol. The third-order valence-electron chi connectivity index (χ3n) is 2.09. The monoisotopic (exact) mass is 245 g/mol. The van der Waals surface area contributed by atoms with E-state index in [9.17, 15) is 0 Å². The summed E-state index contributed by atoms with van der Waals surface area (Å²) < 4.78 is 5.12. The number of hydrogen-bond acceptors (Lipinski definition) is 3. The summed E-state index contributed by atoms with van der Waals surface area (Å²) in [6.45, 7) is 3.00. The second-order valence-electron chi connectivity index (χ2n) is 3.32. The van der Waals surface area contributed by atoms with Crippen LogP contribution < -0.4 is 5.32 Å². The maximum absolute atomic E-state index is 8.47. The van der Waals surface area contributed by atoms with E-state index < -0.39 is 0 Å². The van der Waals surface area contributed by atoms with Gasteiger partial charge in [-0.2, -0.15) is 0 Å². The number of ether oxygens (including phenoxy) is 1. The summed E-state index contributed by atoms with van der Waals surface area (Å²) in [7, 11) is 0. The second-order valence-corrected chi connectivity index (χ2v) is 3.32. The average Bonchev–Trinajstić information content (AvgIpc) is 2.29. The summed E-state index contributed by atoms with van der Waals surface area (Å²) in [5.41, 5.74) is 1.35. The van der Waals surface area contributed by atoms with Crippen LogP contribution in [0, 0.1) is 0 Å². The maximum atomic E-state index is 8.47. The highest BCUT2D eigenvalue weighted by atomic mass is 35.5. The predicted molar refractivity (Wildman–Crippen MR) is 68.2 cm³/mol. The lowest BCUT2D eigenvalue weighted by Gasteiger charge is -2.05. The minimum atomic E-state index is 0. The normalized spacial score (nSPS) is 9.81. The van der Waals surface area contributed by atoms with Crippen molar-refractivity contribution >= 4 is 12.4 Å². The van der Waals surface area contributed by atoms with Crippen LogP contribution in [0.1, 0.15) is 5.56 Å². The molecule has 4 heteroatoms. The van der Waals surface area contributed by atoms with E-state index in [1.165, 1.54) is 5.56 Å². The average molecular weight is 246 g/mol. The molecule has 0 fully saturated rings. The van der Waals surface area contributed by atoms with E-state index in [0.717, 1.165) is 19.5 Å². The van der Waals surface area contributed by atoms with Gasteiger partial charge in [-0.25, -0.2) is 0 Å². The molecule has 2 N–H and O–H groups in total. The molecule has 0 saturated carbocycles. The van der Waals surface area contributed by atoms with Crippen LogP contribution in [-0.4, -0.2) is 38.0 Å². The quantitative estimate of drug-likeness (QED) is 0.678. The van der Waals surface area contributed by atoms with Gasteiger partial charge in [0.2, 0.25) is 0 Å². The highest BCUT2D eigenvalue weighted by Crippen LogP contribution is 1.97. The maximum Gasteiger partial charge on any atom is 0.0698 e. The predicted octanol–water partition coefficient (Wildman–Crippen LogP) is 1.25. The highest BCUT2D eigenvalue weighted by Gasteiger charge is 1.91. The minimum absolute atomic E-state index is 0. The van der Waals surface area contributed by atoms with Crippen LogP contribution in [0.2, 0.25) is 0 Å². The first-order valence-corrected chi connectivity index (χ1v) is 5.36. The molecule has 0 aliphatic rings. The van der Waals surface area contributed by atoms with Crippen molar-refractivity contribution in [3.63, 3.8) is 0 Å². The Morgan fingerprint density at radius 1 is 1.06 bits per heavy atom. The Morgan fingerprint density at radius 2 is 1.81 bits per heavy atom. The Kier molecular flexibility index (Phi) is 10.5. The molecule has 0 aliphatic carbocycles. The third-order valence-corrected chi connectivity index (χ3v) is 2.09. The largest absolute Gasteiger partial charge is 0.394 e. The van der Waals surface area contributed by atoms with Crippen LogP contribution in [0.25, 0.3) is 0 Å². The molecule has 0 unspecified atom stereocenters.